The molecule has 1 aromatic heterocycles. The first-order valence-corrected chi connectivity index (χ1v) is 11.1. The standard InChI is InChI=1S/C22H30N4O2S/c1-5-22(3,4)23-20(27)19(16-12-10-15(2)11-13-16)26(17-8-6-7-9-17)21(28)18-14-29-25-24-18/h10-14,17,19H,5-9H2,1-4H3,(H,23,27)/t19-/m0/s1. The molecule has 6 nitrogen and oxygen atoms in total. The zero-order valence-electron chi connectivity index (χ0n) is 17.6. The molecule has 0 bridgehead atoms. The van der Waals surface area contributed by atoms with Gasteiger partial charge in [0.05, 0.1) is 0 Å². The number of benzene rings is 1. The maximum atomic E-state index is 13.5. The van der Waals surface area contributed by atoms with E-state index in [9.17, 15) is 9.59 Å². The Balaban J connectivity index is 2.05. The van der Waals surface area contributed by atoms with Crippen LogP contribution >= 0.6 is 11.5 Å². The molecule has 1 atom stereocenters. The van der Waals surface area contributed by atoms with E-state index < -0.39 is 6.04 Å². The summed E-state index contributed by atoms with van der Waals surface area (Å²) in [5.74, 6) is -0.371. The van der Waals surface area contributed by atoms with Crippen molar-refractivity contribution in [3.63, 3.8) is 0 Å². The Bertz CT molecular complexity index is 827. The average molecular weight is 415 g/mol. The second-order valence-electron chi connectivity index (χ2n) is 8.48. The number of amides is 2. The largest absolute Gasteiger partial charge is 0.349 e. The summed E-state index contributed by atoms with van der Waals surface area (Å²) in [6.45, 7) is 8.06. The first-order chi connectivity index (χ1) is 13.8. The summed E-state index contributed by atoms with van der Waals surface area (Å²) in [5.41, 5.74) is 1.89. The lowest BCUT2D eigenvalue weighted by atomic mass is 9.96. The van der Waals surface area contributed by atoms with Crippen molar-refractivity contribution in [1.29, 1.82) is 0 Å². The molecule has 1 N–H and O–H groups in total. The number of hydrogen-bond donors (Lipinski definition) is 1. The van der Waals surface area contributed by atoms with Gasteiger partial charge >= 0.3 is 0 Å². The van der Waals surface area contributed by atoms with Gasteiger partial charge in [0.25, 0.3) is 5.91 Å². The highest BCUT2D eigenvalue weighted by molar-refractivity contribution is 7.03. The third-order valence-corrected chi connectivity index (χ3v) is 6.30. The first-order valence-electron chi connectivity index (χ1n) is 10.3. The monoisotopic (exact) mass is 414 g/mol. The maximum absolute atomic E-state index is 13.5. The van der Waals surface area contributed by atoms with Crippen LogP contribution in [0, 0.1) is 6.92 Å². The van der Waals surface area contributed by atoms with Crippen LogP contribution in [-0.4, -0.2) is 37.9 Å². The lowest BCUT2D eigenvalue weighted by Gasteiger charge is -2.37. The predicted molar refractivity (Wildman–Crippen MR) is 115 cm³/mol. The third kappa shape index (κ3) is 5.01. The number of aryl methyl sites for hydroxylation is 1. The van der Waals surface area contributed by atoms with E-state index in [2.05, 4.69) is 14.9 Å². The Labute approximate surface area is 176 Å². The molecule has 0 spiro atoms. The second-order valence-corrected chi connectivity index (χ2v) is 9.09. The van der Waals surface area contributed by atoms with Gasteiger partial charge in [0, 0.05) is 17.0 Å². The summed E-state index contributed by atoms with van der Waals surface area (Å²) in [7, 11) is 0. The molecule has 1 fully saturated rings. The number of carbonyl (C=O) groups is 2. The zero-order chi connectivity index (χ0) is 21.0. The van der Waals surface area contributed by atoms with Gasteiger partial charge in [0.1, 0.15) is 6.04 Å². The van der Waals surface area contributed by atoms with Gasteiger partial charge < -0.3 is 10.2 Å². The minimum Gasteiger partial charge on any atom is -0.349 e. The number of rotatable bonds is 7. The summed E-state index contributed by atoms with van der Waals surface area (Å²) in [6.07, 6.45) is 4.72. The Morgan fingerprint density at radius 1 is 1.24 bits per heavy atom. The van der Waals surface area contributed by atoms with E-state index in [0.717, 1.165) is 54.8 Å². The van der Waals surface area contributed by atoms with Crippen molar-refractivity contribution in [2.75, 3.05) is 0 Å². The molecular formula is C22H30N4O2S. The smallest absolute Gasteiger partial charge is 0.276 e. The number of carbonyl (C=O) groups excluding carboxylic acids is 2. The zero-order valence-corrected chi connectivity index (χ0v) is 18.5. The van der Waals surface area contributed by atoms with Crippen LogP contribution in [0.15, 0.2) is 29.6 Å². The average Bonchev–Trinajstić information content (AvgIpc) is 3.40. The minimum absolute atomic E-state index is 0.0194. The van der Waals surface area contributed by atoms with Crippen LogP contribution in [0.5, 0.6) is 0 Å². The molecule has 1 aliphatic carbocycles. The number of nitrogens with zero attached hydrogens (tertiary/aromatic N) is 3. The maximum Gasteiger partial charge on any atom is 0.276 e. The lowest BCUT2D eigenvalue weighted by Crippen LogP contribution is -2.52. The van der Waals surface area contributed by atoms with E-state index in [-0.39, 0.29) is 23.4 Å². The third-order valence-electron chi connectivity index (χ3n) is 5.80. The predicted octanol–water partition coefficient (Wildman–Crippen LogP) is 4.28. The number of aromatic nitrogens is 2. The van der Waals surface area contributed by atoms with Gasteiger partial charge in [-0.2, -0.15) is 0 Å². The Morgan fingerprint density at radius 3 is 2.45 bits per heavy atom. The van der Waals surface area contributed by atoms with E-state index in [1.165, 1.54) is 0 Å². The highest BCUT2D eigenvalue weighted by atomic mass is 32.1. The van der Waals surface area contributed by atoms with Crippen molar-refractivity contribution in [3.8, 4) is 0 Å². The Morgan fingerprint density at radius 2 is 1.90 bits per heavy atom. The fourth-order valence-corrected chi connectivity index (χ4v) is 4.17. The van der Waals surface area contributed by atoms with Crippen molar-refractivity contribution in [2.24, 2.45) is 0 Å². The highest BCUT2D eigenvalue weighted by Gasteiger charge is 2.39. The summed E-state index contributed by atoms with van der Waals surface area (Å²) in [6, 6.07) is 7.20. The van der Waals surface area contributed by atoms with Crippen molar-refractivity contribution >= 4 is 23.3 Å². The van der Waals surface area contributed by atoms with Crippen LogP contribution in [-0.2, 0) is 4.79 Å². The molecule has 0 saturated heterocycles. The SMILES string of the molecule is CCC(C)(C)NC(=O)[C@H](c1ccc(C)cc1)N(C(=O)c1csnn1)C1CCCC1. The van der Waals surface area contributed by atoms with Crippen molar-refractivity contribution in [3.05, 3.63) is 46.5 Å². The molecule has 3 rings (SSSR count). The highest BCUT2D eigenvalue weighted by Crippen LogP contribution is 2.33. The van der Waals surface area contributed by atoms with Crippen molar-refractivity contribution in [2.45, 2.75) is 77.4 Å². The van der Waals surface area contributed by atoms with E-state index in [4.69, 9.17) is 0 Å². The topological polar surface area (TPSA) is 75.2 Å². The van der Waals surface area contributed by atoms with Gasteiger partial charge in [-0.25, -0.2) is 0 Å². The summed E-state index contributed by atoms with van der Waals surface area (Å²) >= 11 is 1.15. The molecule has 2 aromatic rings. The molecule has 1 heterocycles. The van der Waals surface area contributed by atoms with E-state index >= 15 is 0 Å². The molecule has 7 heteroatoms. The Hall–Kier alpha value is -2.28. The molecule has 0 radical (unpaired) electrons. The van der Waals surface area contributed by atoms with E-state index in [0.29, 0.717) is 5.69 Å². The normalized spacial score (nSPS) is 15.9. The minimum atomic E-state index is -0.696. The Kier molecular flexibility index (Phi) is 6.67. The van der Waals surface area contributed by atoms with Gasteiger partial charge in [0.2, 0.25) is 5.91 Å². The molecule has 29 heavy (non-hydrogen) atoms. The van der Waals surface area contributed by atoms with Gasteiger partial charge in [-0.15, -0.1) is 5.10 Å². The second kappa shape index (κ2) is 9.03. The quantitative estimate of drug-likeness (QED) is 0.734. The van der Waals surface area contributed by atoms with E-state index in [1.54, 1.807) is 10.3 Å². The number of nitrogens with one attached hydrogen (secondary N) is 1. The van der Waals surface area contributed by atoms with Gasteiger partial charge in [-0.05, 0) is 57.1 Å². The van der Waals surface area contributed by atoms with Crippen molar-refractivity contribution in [1.82, 2.24) is 19.8 Å². The van der Waals surface area contributed by atoms with Crippen LogP contribution in [0.2, 0.25) is 0 Å². The van der Waals surface area contributed by atoms with E-state index in [1.807, 2.05) is 52.0 Å². The summed E-state index contributed by atoms with van der Waals surface area (Å²) < 4.78 is 3.86. The van der Waals surface area contributed by atoms with Crippen LogP contribution < -0.4 is 5.32 Å². The first kappa shape index (κ1) is 21.4. The van der Waals surface area contributed by atoms with Gasteiger partial charge in [0.15, 0.2) is 5.69 Å². The molecule has 1 aromatic carbocycles. The van der Waals surface area contributed by atoms with Crippen LogP contribution in [0.25, 0.3) is 0 Å². The molecular weight excluding hydrogens is 384 g/mol. The summed E-state index contributed by atoms with van der Waals surface area (Å²) in [4.78, 5) is 28.8. The lowest BCUT2D eigenvalue weighted by molar-refractivity contribution is -0.128. The molecule has 0 unspecified atom stereocenters. The van der Waals surface area contributed by atoms with Crippen LogP contribution in [0.1, 0.15) is 80.5 Å². The van der Waals surface area contributed by atoms with Crippen molar-refractivity contribution < 1.29 is 9.59 Å². The molecule has 2 amide bonds. The fraction of sp³-hybridized carbons (Fsp3) is 0.545. The van der Waals surface area contributed by atoms with Gasteiger partial charge in [-0.1, -0.05) is 54.1 Å². The van der Waals surface area contributed by atoms with Crippen LogP contribution in [0.4, 0.5) is 0 Å². The molecule has 0 aliphatic heterocycles. The molecule has 1 aliphatic rings. The van der Waals surface area contributed by atoms with Crippen LogP contribution in [0.3, 0.4) is 0 Å². The summed E-state index contributed by atoms with van der Waals surface area (Å²) in [5, 5.41) is 8.81. The molecule has 1 saturated carbocycles. The number of hydrogen-bond acceptors (Lipinski definition) is 5. The molecule has 156 valence electrons. The van der Waals surface area contributed by atoms with Gasteiger partial charge in [-0.3, -0.25) is 9.59 Å². The fourth-order valence-electron chi connectivity index (χ4n) is 3.74.